The van der Waals surface area contributed by atoms with Crippen LogP contribution < -0.4 is 19.7 Å². The number of benzene rings is 2. The highest BCUT2D eigenvalue weighted by Crippen LogP contribution is 2.30. The summed E-state index contributed by atoms with van der Waals surface area (Å²) in [7, 11) is 0. The molecular weight excluding hydrogens is 454 g/mol. The second kappa shape index (κ2) is 8.67. The quantitative estimate of drug-likeness (QED) is 0.448. The van der Waals surface area contributed by atoms with Crippen molar-refractivity contribution in [3.63, 3.8) is 0 Å². The number of hydrogen-bond acceptors (Lipinski definition) is 5. The van der Waals surface area contributed by atoms with Gasteiger partial charge in [-0.2, -0.15) is 0 Å². The molecule has 29 heavy (non-hydrogen) atoms. The molecule has 0 spiro atoms. The van der Waals surface area contributed by atoms with Gasteiger partial charge in [0.2, 0.25) is 4.80 Å². The van der Waals surface area contributed by atoms with Crippen LogP contribution in [0.25, 0.3) is 11.3 Å². The molecule has 4 rings (SSSR count). The highest BCUT2D eigenvalue weighted by atomic mass is 79.9. The zero-order valence-corrected chi connectivity index (χ0v) is 17.8. The molecule has 0 bridgehead atoms. The first kappa shape index (κ1) is 19.5. The topological polar surface area (TPSA) is 64.9 Å². The largest absolute Gasteiger partial charge is 0.486 e. The number of aromatic nitrogens is 1. The predicted octanol–water partition coefficient (Wildman–Crippen LogP) is 4.18. The van der Waals surface area contributed by atoms with Crippen molar-refractivity contribution in [3.8, 4) is 22.8 Å². The molecule has 148 valence electrons. The number of thiazole rings is 1. The summed E-state index contributed by atoms with van der Waals surface area (Å²) in [4.78, 5) is 13.2. The fraction of sp³-hybridized carbons (Fsp3) is 0.143. The summed E-state index contributed by atoms with van der Waals surface area (Å²) in [6.45, 7) is 5.39. The molecule has 8 heteroatoms. The third-order valence-corrected chi connectivity index (χ3v) is 5.64. The summed E-state index contributed by atoms with van der Waals surface area (Å²) < 4.78 is 14.0. The van der Waals surface area contributed by atoms with E-state index in [4.69, 9.17) is 9.47 Å². The highest BCUT2D eigenvalue weighted by Gasteiger charge is 2.15. The number of carbonyl (C=O) groups excluding carboxylic acids is 1. The Bertz CT molecular complexity index is 1140. The number of rotatable bonds is 5. The average molecular weight is 472 g/mol. The van der Waals surface area contributed by atoms with Gasteiger partial charge in [-0.05, 0) is 30.3 Å². The van der Waals surface area contributed by atoms with E-state index in [-0.39, 0.29) is 5.91 Å². The molecule has 1 aliphatic heterocycles. The first-order chi connectivity index (χ1) is 14.2. The van der Waals surface area contributed by atoms with Crippen LogP contribution in [0.1, 0.15) is 10.4 Å². The van der Waals surface area contributed by atoms with Crippen molar-refractivity contribution in [2.75, 3.05) is 13.2 Å². The Morgan fingerprint density at radius 3 is 2.86 bits per heavy atom. The third-order valence-electron chi connectivity index (χ3n) is 4.29. The standard InChI is InChI=1S/C21H18BrN3O3S/c1-2-8-25-17(14-4-3-5-16(22)11-14)13-29-21(25)24-23-20(26)15-6-7-18-19(12-15)28-10-9-27-18/h2-7,11-13H,1,8-10H2,(H,23,26)/b24-21+. The fourth-order valence-electron chi connectivity index (χ4n) is 2.95. The van der Waals surface area contributed by atoms with Gasteiger partial charge in [-0.25, -0.2) is 5.43 Å². The van der Waals surface area contributed by atoms with E-state index in [2.05, 4.69) is 33.0 Å². The van der Waals surface area contributed by atoms with Crippen LogP contribution in [0, 0.1) is 0 Å². The Balaban J connectivity index is 1.61. The van der Waals surface area contributed by atoms with Crippen molar-refractivity contribution in [1.82, 2.24) is 9.99 Å². The van der Waals surface area contributed by atoms with Crippen LogP contribution in [-0.4, -0.2) is 23.7 Å². The van der Waals surface area contributed by atoms with E-state index in [0.29, 0.717) is 41.6 Å². The van der Waals surface area contributed by atoms with Gasteiger partial charge in [0.25, 0.3) is 5.91 Å². The Hall–Kier alpha value is -2.84. The number of ether oxygens (including phenoxy) is 2. The molecule has 0 saturated heterocycles. The number of carbonyl (C=O) groups is 1. The lowest BCUT2D eigenvalue weighted by Crippen LogP contribution is -2.25. The Morgan fingerprint density at radius 1 is 1.24 bits per heavy atom. The molecule has 0 atom stereocenters. The van der Waals surface area contributed by atoms with Gasteiger partial charge in [-0.1, -0.05) is 34.1 Å². The lowest BCUT2D eigenvalue weighted by Gasteiger charge is -2.18. The maximum absolute atomic E-state index is 12.6. The summed E-state index contributed by atoms with van der Waals surface area (Å²) in [6.07, 6.45) is 1.80. The SMILES string of the molecule is C=CCn1c(-c2cccc(Br)c2)cs/c1=N/NC(=O)c1ccc2c(c1)OCCO2. The average Bonchev–Trinajstić information content (AvgIpc) is 3.14. The number of halogens is 1. The van der Waals surface area contributed by atoms with Gasteiger partial charge in [-0.15, -0.1) is 23.0 Å². The smallest absolute Gasteiger partial charge is 0.271 e. The van der Waals surface area contributed by atoms with Crippen LogP contribution in [0.2, 0.25) is 0 Å². The maximum atomic E-state index is 12.6. The molecule has 0 radical (unpaired) electrons. The minimum Gasteiger partial charge on any atom is -0.486 e. The number of allylic oxidation sites excluding steroid dienone is 1. The van der Waals surface area contributed by atoms with Gasteiger partial charge < -0.3 is 14.0 Å². The number of nitrogens with zero attached hydrogens (tertiary/aromatic N) is 2. The Morgan fingerprint density at radius 2 is 2.07 bits per heavy atom. The highest BCUT2D eigenvalue weighted by molar-refractivity contribution is 9.10. The molecule has 0 aliphatic carbocycles. The minimum absolute atomic E-state index is 0.315. The van der Waals surface area contributed by atoms with E-state index in [1.165, 1.54) is 11.3 Å². The van der Waals surface area contributed by atoms with Crippen molar-refractivity contribution in [2.45, 2.75) is 6.54 Å². The van der Waals surface area contributed by atoms with Crippen molar-refractivity contribution >= 4 is 33.2 Å². The molecular formula is C21H18BrN3O3S. The van der Waals surface area contributed by atoms with Crippen molar-refractivity contribution in [3.05, 3.63) is 75.3 Å². The molecule has 2 heterocycles. The molecule has 1 aliphatic rings. The Labute approximate surface area is 180 Å². The van der Waals surface area contributed by atoms with Gasteiger partial charge >= 0.3 is 0 Å². The summed E-state index contributed by atoms with van der Waals surface area (Å²) in [5, 5.41) is 6.35. The second-order valence-electron chi connectivity index (χ2n) is 6.22. The fourth-order valence-corrected chi connectivity index (χ4v) is 4.23. The first-order valence-corrected chi connectivity index (χ1v) is 10.6. The van der Waals surface area contributed by atoms with Crippen molar-refractivity contribution < 1.29 is 14.3 Å². The van der Waals surface area contributed by atoms with Crippen LogP contribution in [0.3, 0.4) is 0 Å². The van der Waals surface area contributed by atoms with E-state index in [1.54, 1.807) is 24.3 Å². The zero-order valence-electron chi connectivity index (χ0n) is 15.4. The molecule has 6 nitrogen and oxygen atoms in total. The molecule has 1 amide bonds. The van der Waals surface area contributed by atoms with Crippen LogP contribution in [-0.2, 0) is 6.54 Å². The lowest BCUT2D eigenvalue weighted by atomic mass is 10.2. The predicted molar refractivity (Wildman–Crippen MR) is 116 cm³/mol. The number of nitrogens with one attached hydrogen (secondary N) is 1. The zero-order chi connectivity index (χ0) is 20.2. The van der Waals surface area contributed by atoms with Crippen LogP contribution in [0.15, 0.2) is 70.1 Å². The van der Waals surface area contributed by atoms with Gasteiger partial charge in [0.1, 0.15) is 13.2 Å². The van der Waals surface area contributed by atoms with Gasteiger partial charge in [-0.3, -0.25) is 4.79 Å². The first-order valence-electron chi connectivity index (χ1n) is 8.94. The summed E-state index contributed by atoms with van der Waals surface area (Å²) in [5.74, 6) is 0.897. The second-order valence-corrected chi connectivity index (χ2v) is 7.98. The van der Waals surface area contributed by atoms with Gasteiger partial charge in [0.15, 0.2) is 11.5 Å². The van der Waals surface area contributed by atoms with Crippen LogP contribution in [0.5, 0.6) is 11.5 Å². The summed E-state index contributed by atoms with van der Waals surface area (Å²) in [5.41, 5.74) is 5.14. The van der Waals surface area contributed by atoms with E-state index < -0.39 is 0 Å². The summed E-state index contributed by atoms with van der Waals surface area (Å²) >= 11 is 4.96. The monoisotopic (exact) mass is 471 g/mol. The van der Waals surface area contributed by atoms with Crippen LogP contribution >= 0.6 is 27.3 Å². The molecule has 3 aromatic rings. The molecule has 0 fully saturated rings. The lowest BCUT2D eigenvalue weighted by molar-refractivity contribution is 0.0951. The number of fused-ring (bicyclic) bond motifs is 1. The molecule has 0 unspecified atom stereocenters. The van der Waals surface area contributed by atoms with E-state index in [0.717, 1.165) is 15.7 Å². The van der Waals surface area contributed by atoms with Gasteiger partial charge in [0, 0.05) is 27.5 Å². The molecule has 1 aromatic heterocycles. The van der Waals surface area contributed by atoms with E-state index >= 15 is 0 Å². The normalized spacial score (nSPS) is 13.2. The summed E-state index contributed by atoms with van der Waals surface area (Å²) in [6, 6.07) is 13.1. The van der Waals surface area contributed by atoms with Gasteiger partial charge in [0.05, 0.1) is 5.69 Å². The minimum atomic E-state index is -0.315. The van der Waals surface area contributed by atoms with E-state index in [1.807, 2.05) is 34.2 Å². The number of amides is 1. The number of hydrogen-bond donors (Lipinski definition) is 1. The molecule has 2 aromatic carbocycles. The third kappa shape index (κ3) is 4.28. The Kier molecular flexibility index (Phi) is 5.82. The molecule has 1 N–H and O–H groups in total. The van der Waals surface area contributed by atoms with Crippen molar-refractivity contribution in [2.24, 2.45) is 5.10 Å². The maximum Gasteiger partial charge on any atom is 0.271 e. The van der Waals surface area contributed by atoms with Crippen LogP contribution in [0.4, 0.5) is 0 Å². The van der Waals surface area contributed by atoms with E-state index in [9.17, 15) is 4.79 Å². The van der Waals surface area contributed by atoms with Crippen molar-refractivity contribution in [1.29, 1.82) is 0 Å². The molecule has 0 saturated carbocycles.